The monoisotopic (exact) mass is 382 g/mol. The van der Waals surface area contributed by atoms with Gasteiger partial charge in [0, 0.05) is 12.6 Å². The average Bonchev–Trinajstić information content (AvgIpc) is 2.52. The maximum absolute atomic E-state index is 12.6. The highest BCUT2D eigenvalue weighted by Crippen LogP contribution is 2.32. The second-order valence-electron chi connectivity index (χ2n) is 4.95. The van der Waals surface area contributed by atoms with Crippen LogP contribution in [0, 0.1) is 0 Å². The molecule has 0 saturated heterocycles. The lowest BCUT2D eigenvalue weighted by molar-refractivity contribution is -0.138. The maximum Gasteiger partial charge on any atom is 0.417 e. The van der Waals surface area contributed by atoms with Crippen LogP contribution in [0.2, 0.25) is 5.02 Å². The third kappa shape index (κ3) is 4.62. The summed E-state index contributed by atoms with van der Waals surface area (Å²) in [6.45, 7) is 0. The summed E-state index contributed by atoms with van der Waals surface area (Å²) in [5, 5.41) is 11.7. The second-order valence-corrected chi connectivity index (χ2v) is 5.36. The van der Waals surface area contributed by atoms with Crippen LogP contribution in [0.1, 0.15) is 22.4 Å². The number of rotatable bonds is 3. The summed E-state index contributed by atoms with van der Waals surface area (Å²) in [5.74, 6) is 0. The van der Waals surface area contributed by atoms with Crippen LogP contribution in [0.3, 0.4) is 0 Å². The van der Waals surface area contributed by atoms with Gasteiger partial charge in [-0.05, 0) is 23.8 Å². The van der Waals surface area contributed by atoms with Gasteiger partial charge in [-0.3, -0.25) is 4.98 Å². The van der Waals surface area contributed by atoms with Crippen LogP contribution >= 0.6 is 11.6 Å². The van der Waals surface area contributed by atoms with E-state index in [1.807, 2.05) is 0 Å². The van der Waals surface area contributed by atoms with E-state index in [-0.39, 0.29) is 28.4 Å². The Morgan fingerprint density at radius 3 is 2.00 bits per heavy atom. The molecule has 0 bridgehead atoms. The first kappa shape index (κ1) is 19.0. The van der Waals surface area contributed by atoms with Gasteiger partial charge in [0.25, 0.3) is 0 Å². The number of benzene rings is 1. The first-order valence-corrected chi connectivity index (χ1v) is 7.00. The largest absolute Gasteiger partial charge is 0.417 e. The van der Waals surface area contributed by atoms with Gasteiger partial charge in [-0.2, -0.15) is 26.3 Å². The molecule has 134 valence electrons. The van der Waals surface area contributed by atoms with Gasteiger partial charge in [-0.25, -0.2) is 0 Å². The summed E-state index contributed by atoms with van der Waals surface area (Å²) < 4.78 is 75.3. The lowest BCUT2D eigenvalue weighted by atomic mass is 10.0. The van der Waals surface area contributed by atoms with Crippen molar-refractivity contribution in [1.29, 1.82) is 0 Å². The van der Waals surface area contributed by atoms with E-state index in [1.165, 1.54) is 0 Å². The van der Waals surface area contributed by atoms with Gasteiger partial charge in [0.15, 0.2) is 0 Å². The van der Waals surface area contributed by atoms with Gasteiger partial charge in [0.05, 0.1) is 27.6 Å². The fourth-order valence-electron chi connectivity index (χ4n) is 1.96. The molecule has 2 aromatic rings. The first-order chi connectivity index (χ1) is 11.5. The number of halogens is 7. The lowest BCUT2D eigenvalue weighted by Gasteiger charge is -2.11. The van der Waals surface area contributed by atoms with Crippen molar-refractivity contribution in [1.82, 2.24) is 4.98 Å². The molecule has 0 aliphatic carbocycles. The summed E-state index contributed by atoms with van der Waals surface area (Å²) >= 11 is 5.76. The zero-order valence-corrected chi connectivity index (χ0v) is 12.9. The minimum Gasteiger partial charge on any atom is -0.411 e. The zero-order chi connectivity index (χ0) is 18.8. The van der Waals surface area contributed by atoms with Gasteiger partial charge in [-0.1, -0.05) is 28.9 Å². The van der Waals surface area contributed by atoms with Crippen molar-refractivity contribution in [3.63, 3.8) is 0 Å². The van der Waals surface area contributed by atoms with Crippen LogP contribution in [0.4, 0.5) is 26.3 Å². The Kier molecular flexibility index (Phi) is 5.26. The van der Waals surface area contributed by atoms with Crippen molar-refractivity contribution in [3.8, 4) is 0 Å². The molecule has 10 heteroatoms. The Hall–Kier alpha value is -2.29. The molecule has 1 heterocycles. The number of alkyl halides is 6. The topological polar surface area (TPSA) is 45.5 Å². The third-order valence-corrected chi connectivity index (χ3v) is 3.57. The molecule has 0 spiro atoms. The Labute approximate surface area is 142 Å². The van der Waals surface area contributed by atoms with Gasteiger partial charge in [0.1, 0.15) is 0 Å². The molecular weight excluding hydrogens is 374 g/mol. The molecule has 0 aliphatic heterocycles. The van der Waals surface area contributed by atoms with Crippen LogP contribution in [0.5, 0.6) is 0 Å². The van der Waals surface area contributed by atoms with Crippen LogP contribution < -0.4 is 0 Å². The Balaban J connectivity index is 2.26. The van der Waals surface area contributed by atoms with Gasteiger partial charge in [0.2, 0.25) is 0 Å². The summed E-state index contributed by atoms with van der Waals surface area (Å²) in [7, 11) is 0. The maximum atomic E-state index is 12.6. The number of aromatic nitrogens is 1. The summed E-state index contributed by atoms with van der Waals surface area (Å²) in [6, 6.07) is 4.42. The van der Waals surface area contributed by atoms with Crippen molar-refractivity contribution in [2.45, 2.75) is 18.8 Å². The van der Waals surface area contributed by atoms with Crippen molar-refractivity contribution in [2.75, 3.05) is 0 Å². The Morgan fingerprint density at radius 2 is 1.56 bits per heavy atom. The highest BCUT2D eigenvalue weighted by molar-refractivity contribution is 6.31. The van der Waals surface area contributed by atoms with E-state index < -0.39 is 23.5 Å². The smallest absolute Gasteiger partial charge is 0.411 e. The molecule has 0 amide bonds. The van der Waals surface area contributed by atoms with Crippen molar-refractivity contribution in [3.05, 3.63) is 63.9 Å². The van der Waals surface area contributed by atoms with E-state index in [0.29, 0.717) is 12.3 Å². The molecule has 0 unspecified atom stereocenters. The van der Waals surface area contributed by atoms with E-state index in [4.69, 9.17) is 16.8 Å². The quantitative estimate of drug-likeness (QED) is 0.343. The van der Waals surface area contributed by atoms with Gasteiger partial charge < -0.3 is 5.21 Å². The van der Waals surface area contributed by atoms with Crippen molar-refractivity contribution in [2.24, 2.45) is 5.16 Å². The van der Waals surface area contributed by atoms with Crippen molar-refractivity contribution < 1.29 is 31.5 Å². The van der Waals surface area contributed by atoms with Crippen LogP contribution in [-0.2, 0) is 18.8 Å². The number of pyridine rings is 1. The van der Waals surface area contributed by atoms with Crippen LogP contribution in [0.15, 0.2) is 41.7 Å². The number of oxime groups is 1. The molecule has 0 aliphatic rings. The Morgan fingerprint density at radius 1 is 1.00 bits per heavy atom. The van der Waals surface area contributed by atoms with Crippen LogP contribution in [-0.4, -0.2) is 15.9 Å². The summed E-state index contributed by atoms with van der Waals surface area (Å²) in [5.41, 5.74) is -1.89. The standard InChI is InChI=1S/C15H9ClF6N2O/c16-11-5-10(15(20,21)22)7-23-13(11)6-12(24-25)8-1-3-9(4-2-8)14(17,18)19/h1-5,7,25H,6H2/b24-12+. The predicted octanol–water partition coefficient (Wildman–Crippen LogP) is 5.19. The number of hydrogen-bond donors (Lipinski definition) is 1. The SMILES string of the molecule is O/N=C(\Cc1ncc(C(F)(F)F)cc1Cl)c1ccc(C(F)(F)F)cc1. The molecular formula is C15H9ClF6N2O. The normalized spacial score (nSPS) is 13.2. The molecule has 2 rings (SSSR count). The summed E-state index contributed by atoms with van der Waals surface area (Å²) in [6.07, 6.45) is -8.83. The molecule has 1 N–H and O–H groups in total. The zero-order valence-electron chi connectivity index (χ0n) is 12.2. The molecule has 0 radical (unpaired) electrons. The molecule has 1 aromatic heterocycles. The van der Waals surface area contributed by atoms with Crippen LogP contribution in [0.25, 0.3) is 0 Å². The van der Waals surface area contributed by atoms with E-state index in [1.54, 1.807) is 0 Å². The second kappa shape index (κ2) is 6.91. The van der Waals surface area contributed by atoms with Crippen molar-refractivity contribution >= 4 is 17.3 Å². The van der Waals surface area contributed by atoms with E-state index in [0.717, 1.165) is 24.3 Å². The van der Waals surface area contributed by atoms with Gasteiger partial charge in [-0.15, -0.1) is 0 Å². The minimum absolute atomic E-state index is 0.0117. The molecule has 1 aromatic carbocycles. The Bertz CT molecular complexity index is 784. The molecule has 3 nitrogen and oxygen atoms in total. The lowest BCUT2D eigenvalue weighted by Crippen LogP contribution is -2.11. The number of hydrogen-bond acceptors (Lipinski definition) is 3. The highest BCUT2D eigenvalue weighted by Gasteiger charge is 2.32. The number of nitrogens with zero attached hydrogens (tertiary/aromatic N) is 2. The van der Waals surface area contributed by atoms with E-state index in [9.17, 15) is 26.3 Å². The predicted molar refractivity (Wildman–Crippen MR) is 77.7 cm³/mol. The van der Waals surface area contributed by atoms with E-state index in [2.05, 4.69) is 10.1 Å². The fourth-order valence-corrected chi connectivity index (χ4v) is 2.19. The van der Waals surface area contributed by atoms with E-state index >= 15 is 0 Å². The molecule has 25 heavy (non-hydrogen) atoms. The summed E-state index contributed by atoms with van der Waals surface area (Å²) in [4.78, 5) is 3.59. The first-order valence-electron chi connectivity index (χ1n) is 6.62. The minimum atomic E-state index is -4.61. The molecule has 0 atom stereocenters. The highest BCUT2D eigenvalue weighted by atomic mass is 35.5. The average molecular weight is 383 g/mol. The van der Waals surface area contributed by atoms with Gasteiger partial charge >= 0.3 is 12.4 Å². The third-order valence-electron chi connectivity index (χ3n) is 3.25. The fraction of sp³-hybridized carbons (Fsp3) is 0.200. The molecule has 0 saturated carbocycles. The molecule has 0 fully saturated rings.